The Balaban J connectivity index is 0.00000352. The van der Waals surface area contributed by atoms with Gasteiger partial charge in [-0.1, -0.05) is 12.1 Å². The fourth-order valence-electron chi connectivity index (χ4n) is 5.61. The third-order valence-electron chi connectivity index (χ3n) is 8.25. The van der Waals surface area contributed by atoms with Crippen LogP contribution in [0.1, 0.15) is 0 Å². The van der Waals surface area contributed by atoms with Crippen molar-refractivity contribution in [2.24, 2.45) is 20.5 Å². The van der Waals surface area contributed by atoms with Gasteiger partial charge in [-0.2, -0.15) is 33.7 Å². The molecule has 0 radical (unpaired) electrons. The van der Waals surface area contributed by atoms with Crippen LogP contribution in [0.3, 0.4) is 0 Å². The molecule has 0 aliphatic carbocycles. The zero-order valence-corrected chi connectivity index (χ0v) is 32.8. The fourth-order valence-corrected chi connectivity index (χ4v) is 7.98. The molecule has 12 N–H and O–H groups in total. The topological polar surface area (TPSA) is 401 Å². The number of amides is 2. The van der Waals surface area contributed by atoms with Crippen molar-refractivity contribution < 1.29 is 66.9 Å². The molecular formula is C33H30N8Na4O15S4. The average Bonchev–Trinajstić information content (AvgIpc) is 3.13. The molecule has 0 unspecified atom stereocenters. The summed E-state index contributed by atoms with van der Waals surface area (Å²) >= 11 is 0. The van der Waals surface area contributed by atoms with Gasteiger partial charge in [0, 0.05) is 23.5 Å². The van der Waals surface area contributed by atoms with E-state index in [0.717, 1.165) is 60.7 Å². The van der Waals surface area contributed by atoms with Gasteiger partial charge in [0.15, 0.2) is 0 Å². The third kappa shape index (κ3) is 13.2. The number of hydrogen-bond acceptors (Lipinski definition) is 17. The van der Waals surface area contributed by atoms with Gasteiger partial charge in [0.25, 0.3) is 40.5 Å². The summed E-state index contributed by atoms with van der Waals surface area (Å²) in [6, 6.07) is 13.3. The summed E-state index contributed by atoms with van der Waals surface area (Å²) in [7, 11) is -19.6. The van der Waals surface area contributed by atoms with E-state index in [0.29, 0.717) is 0 Å². The van der Waals surface area contributed by atoms with Crippen LogP contribution in [0.2, 0.25) is 0 Å². The predicted molar refractivity (Wildman–Crippen MR) is 242 cm³/mol. The summed E-state index contributed by atoms with van der Waals surface area (Å²) in [5.41, 5.74) is 9.74. The van der Waals surface area contributed by atoms with Crippen LogP contribution in [-0.4, -0.2) is 186 Å². The van der Waals surface area contributed by atoms with Crippen molar-refractivity contribution in [3.8, 4) is 11.5 Å². The molecule has 0 aliphatic heterocycles. The number of anilines is 4. The number of carbonyl (C=O) groups is 1. The van der Waals surface area contributed by atoms with E-state index < -0.39 is 89.0 Å². The Bertz CT molecular complexity index is 3140. The van der Waals surface area contributed by atoms with Crippen LogP contribution >= 0.6 is 0 Å². The van der Waals surface area contributed by atoms with Gasteiger partial charge < -0.3 is 32.3 Å². The zero-order valence-electron chi connectivity index (χ0n) is 29.5. The summed E-state index contributed by atoms with van der Waals surface area (Å²) < 4.78 is 135. The molecule has 6 aromatic carbocycles. The first-order valence-electron chi connectivity index (χ1n) is 16.0. The first kappa shape index (κ1) is 57.3. The number of nitrogens with zero attached hydrogens (tertiary/aromatic N) is 4. The second kappa shape index (κ2) is 21.8. The normalized spacial score (nSPS) is 11.9. The molecule has 6 aromatic rings. The quantitative estimate of drug-likeness (QED) is 0.0407. The molecule has 0 aliphatic rings. The second-order valence-corrected chi connectivity index (χ2v) is 18.0. The molecule has 320 valence electrons. The summed E-state index contributed by atoms with van der Waals surface area (Å²) in [5, 5.41) is 40.9. The van der Waals surface area contributed by atoms with E-state index in [1.165, 1.54) is 24.3 Å². The van der Waals surface area contributed by atoms with E-state index in [4.69, 9.17) is 11.5 Å². The second-order valence-electron chi connectivity index (χ2n) is 12.3. The Labute approximate surface area is 451 Å². The van der Waals surface area contributed by atoms with Gasteiger partial charge in [0.2, 0.25) is 0 Å². The van der Waals surface area contributed by atoms with Gasteiger partial charge in [-0.15, -0.1) is 20.5 Å². The molecule has 0 aromatic heterocycles. The van der Waals surface area contributed by atoms with E-state index in [1.54, 1.807) is 0 Å². The van der Waals surface area contributed by atoms with Gasteiger partial charge in [0.05, 0.1) is 31.9 Å². The van der Waals surface area contributed by atoms with Crippen molar-refractivity contribution >= 4 is 232 Å². The Morgan fingerprint density at radius 3 is 1.12 bits per heavy atom. The molecule has 0 saturated heterocycles. The van der Waals surface area contributed by atoms with Gasteiger partial charge in [-0.3, -0.25) is 18.2 Å². The fraction of sp³-hybridized carbons (Fsp3) is 0. The van der Waals surface area contributed by atoms with Crippen LogP contribution < -0.4 is 22.1 Å². The van der Waals surface area contributed by atoms with Gasteiger partial charge in [-0.05, 0) is 71.4 Å². The van der Waals surface area contributed by atoms with E-state index in [1.807, 2.05) is 0 Å². The van der Waals surface area contributed by atoms with Gasteiger partial charge in [-0.25, -0.2) is 4.79 Å². The molecule has 23 nitrogen and oxygen atoms in total. The number of aromatic hydroxyl groups is 2. The number of urea groups is 1. The first-order chi connectivity index (χ1) is 27.8. The number of phenolic OH excluding ortho intramolecular Hbond substituents is 2. The Kier molecular flexibility index (Phi) is 19.6. The van der Waals surface area contributed by atoms with Gasteiger partial charge >= 0.3 is 124 Å². The number of rotatable bonds is 10. The molecule has 0 saturated carbocycles. The summed E-state index contributed by atoms with van der Waals surface area (Å²) in [6.07, 6.45) is 0. The average molecular weight is 999 g/mol. The molecule has 0 spiro atoms. The monoisotopic (exact) mass is 998 g/mol. The number of benzene rings is 6. The van der Waals surface area contributed by atoms with E-state index in [9.17, 15) is 66.9 Å². The molecule has 0 bridgehead atoms. The number of nitrogens with two attached hydrogens (primary N) is 2. The van der Waals surface area contributed by atoms with Crippen molar-refractivity contribution in [3.63, 3.8) is 0 Å². The van der Waals surface area contributed by atoms with Crippen LogP contribution in [-0.2, 0) is 40.5 Å². The number of nitrogen functional groups attached to an aromatic ring is 2. The number of azo groups is 2. The number of hydrogen-bond donors (Lipinski definition) is 10. The van der Waals surface area contributed by atoms with Crippen molar-refractivity contribution in [3.05, 3.63) is 84.9 Å². The molecular weight excluding hydrogens is 969 g/mol. The maximum absolute atomic E-state index is 12.9. The molecule has 6 rings (SSSR count). The minimum absolute atomic E-state index is 0. The molecule has 64 heavy (non-hydrogen) atoms. The van der Waals surface area contributed by atoms with E-state index in [2.05, 4.69) is 31.1 Å². The minimum atomic E-state index is -5.09. The SMILES string of the molecule is Nc1ccc2cc(S(=O)(=O)O)cc(O)c2c1/N=N/c1ccc(NC(=O)Nc2ccc(/N=N/c3c(N)ccc4cc(S(=O)(=O)O)cc(O)c34)c(S(=O)(=O)O)c2)cc1S(=O)(=O)O.[NaH].[NaH].[NaH].[NaH]. The van der Waals surface area contributed by atoms with Crippen LogP contribution in [0.4, 0.5) is 50.3 Å². The van der Waals surface area contributed by atoms with Gasteiger partial charge in [0.1, 0.15) is 44.0 Å². The standard InChI is InChI=1S/C33H26N8O15S4.4Na.4H/c34-21-5-1-15-9-19(57(45,46)47)13-25(42)29(15)31(21)40-38-23-7-3-17(11-27(23)59(51,52)53)36-33(44)37-18-4-8-24(28(12-18)60(54,55)56)39-41-32-22(35)6-2-16-10-20(58(48,49)50)14-26(43)30(16)32;;;;;;;;/h1-14,42-43H,34-35H2,(H2,36,37,44)(H,45,46,47)(H,48,49,50)(H,51,52,53)(H,54,55,56);;;;;;;;/b40-38+,41-39+;;;;;;;;. The zero-order chi connectivity index (χ0) is 44.1. The summed E-state index contributed by atoms with van der Waals surface area (Å²) in [4.78, 5) is 9.88. The van der Waals surface area contributed by atoms with Crippen molar-refractivity contribution in [1.29, 1.82) is 0 Å². The third-order valence-corrected chi connectivity index (χ3v) is 11.7. The van der Waals surface area contributed by atoms with Crippen LogP contribution in [0.15, 0.2) is 125 Å². The molecule has 31 heteroatoms. The van der Waals surface area contributed by atoms with Crippen LogP contribution in [0, 0.1) is 0 Å². The van der Waals surface area contributed by atoms with E-state index in [-0.39, 0.29) is 174 Å². The number of fused-ring (bicyclic) bond motifs is 2. The molecule has 0 heterocycles. The van der Waals surface area contributed by atoms with Crippen LogP contribution in [0.25, 0.3) is 21.5 Å². The Hall–Kier alpha value is -2.85. The van der Waals surface area contributed by atoms with Crippen LogP contribution in [0.5, 0.6) is 11.5 Å². The first-order valence-corrected chi connectivity index (χ1v) is 21.8. The maximum atomic E-state index is 12.9. The van der Waals surface area contributed by atoms with Crippen molar-refractivity contribution in [2.75, 3.05) is 22.1 Å². The predicted octanol–water partition coefficient (Wildman–Crippen LogP) is 3.44. The van der Waals surface area contributed by atoms with Crippen molar-refractivity contribution in [1.82, 2.24) is 0 Å². The van der Waals surface area contributed by atoms with Crippen molar-refractivity contribution in [2.45, 2.75) is 19.6 Å². The summed E-state index contributed by atoms with van der Waals surface area (Å²) in [5.74, 6) is -1.36. The molecule has 2 amide bonds. The Morgan fingerprint density at radius 1 is 0.469 bits per heavy atom. The number of nitrogens with one attached hydrogen (secondary N) is 2. The number of carbonyl (C=O) groups excluding carboxylic acids is 1. The summed E-state index contributed by atoms with van der Waals surface area (Å²) in [6.45, 7) is 0. The molecule has 0 fully saturated rings. The van der Waals surface area contributed by atoms with E-state index >= 15 is 0 Å². The molecule has 0 atom stereocenters. The Morgan fingerprint density at radius 2 is 0.812 bits per heavy atom. The number of phenols is 2.